The first-order valence-corrected chi connectivity index (χ1v) is 8.01. The highest BCUT2D eigenvalue weighted by Crippen LogP contribution is 2.17. The van der Waals surface area contributed by atoms with Crippen LogP contribution in [0.2, 0.25) is 0 Å². The van der Waals surface area contributed by atoms with Gasteiger partial charge in [0.2, 0.25) is 0 Å². The van der Waals surface area contributed by atoms with E-state index in [1.807, 2.05) is 35.2 Å². The van der Waals surface area contributed by atoms with E-state index in [0.717, 1.165) is 5.56 Å². The molecular formula is C18H22N2O5. The summed E-state index contributed by atoms with van der Waals surface area (Å²) >= 11 is 0. The molecule has 25 heavy (non-hydrogen) atoms. The lowest BCUT2D eigenvalue weighted by atomic mass is 10.2. The molecule has 0 fully saturated rings. The Morgan fingerprint density at radius 2 is 1.80 bits per heavy atom. The number of aliphatic hydroxyl groups is 2. The standard InChI is InChI=1S/C18H22N2O5/c21-11-10-19(12-15-4-2-1-3-5-15)13-17(22)14-25-18-8-6-16(7-9-18)20(23)24/h1-9,17,21-22H,10-14H2/t17-/m1/s1. The van der Waals surface area contributed by atoms with Gasteiger partial charge in [0, 0.05) is 31.8 Å². The molecule has 0 aliphatic heterocycles. The molecule has 0 bridgehead atoms. The maximum atomic E-state index is 10.6. The number of ether oxygens (including phenoxy) is 1. The van der Waals surface area contributed by atoms with E-state index >= 15 is 0 Å². The van der Waals surface area contributed by atoms with E-state index in [1.54, 1.807) is 0 Å². The molecule has 1 atom stereocenters. The van der Waals surface area contributed by atoms with Gasteiger partial charge in [-0.15, -0.1) is 0 Å². The molecule has 0 saturated carbocycles. The highest BCUT2D eigenvalue weighted by Gasteiger charge is 2.13. The van der Waals surface area contributed by atoms with Crippen LogP contribution in [0.1, 0.15) is 5.56 Å². The molecule has 2 N–H and O–H groups in total. The number of aliphatic hydroxyl groups excluding tert-OH is 2. The molecular weight excluding hydrogens is 324 g/mol. The van der Waals surface area contributed by atoms with E-state index in [-0.39, 0.29) is 18.9 Å². The smallest absolute Gasteiger partial charge is 0.269 e. The Labute approximate surface area is 146 Å². The minimum absolute atomic E-state index is 0.00274. The number of nitrogens with zero attached hydrogens (tertiary/aromatic N) is 2. The maximum Gasteiger partial charge on any atom is 0.269 e. The van der Waals surface area contributed by atoms with Crippen LogP contribution in [0.4, 0.5) is 5.69 Å². The molecule has 134 valence electrons. The van der Waals surface area contributed by atoms with Crippen molar-refractivity contribution in [1.29, 1.82) is 0 Å². The molecule has 0 saturated heterocycles. The number of hydrogen-bond acceptors (Lipinski definition) is 6. The van der Waals surface area contributed by atoms with Crippen molar-refractivity contribution in [2.75, 3.05) is 26.3 Å². The molecule has 0 radical (unpaired) electrons. The van der Waals surface area contributed by atoms with Gasteiger partial charge in [-0.2, -0.15) is 0 Å². The van der Waals surface area contributed by atoms with E-state index in [9.17, 15) is 20.3 Å². The third kappa shape index (κ3) is 6.50. The third-order valence-corrected chi connectivity index (χ3v) is 3.62. The van der Waals surface area contributed by atoms with E-state index in [4.69, 9.17) is 4.74 Å². The minimum atomic E-state index is -0.745. The normalized spacial score (nSPS) is 12.1. The van der Waals surface area contributed by atoms with Crippen LogP contribution in [0.3, 0.4) is 0 Å². The van der Waals surface area contributed by atoms with E-state index in [1.165, 1.54) is 24.3 Å². The molecule has 0 aliphatic rings. The van der Waals surface area contributed by atoms with Gasteiger partial charge >= 0.3 is 0 Å². The lowest BCUT2D eigenvalue weighted by Crippen LogP contribution is -2.37. The first kappa shape index (κ1) is 18.9. The van der Waals surface area contributed by atoms with Crippen molar-refractivity contribution in [3.8, 4) is 5.75 Å². The quantitative estimate of drug-likeness (QED) is 0.503. The van der Waals surface area contributed by atoms with Gasteiger partial charge in [0.1, 0.15) is 18.5 Å². The van der Waals surface area contributed by atoms with Crippen LogP contribution >= 0.6 is 0 Å². The lowest BCUT2D eigenvalue weighted by Gasteiger charge is -2.24. The molecule has 0 amide bonds. The van der Waals surface area contributed by atoms with Gasteiger partial charge in [-0.05, 0) is 17.7 Å². The highest BCUT2D eigenvalue weighted by molar-refractivity contribution is 5.35. The Balaban J connectivity index is 1.83. The van der Waals surface area contributed by atoms with E-state index < -0.39 is 11.0 Å². The van der Waals surface area contributed by atoms with Crippen LogP contribution in [0, 0.1) is 10.1 Å². The lowest BCUT2D eigenvalue weighted by molar-refractivity contribution is -0.384. The van der Waals surface area contributed by atoms with Crippen molar-refractivity contribution < 1.29 is 19.9 Å². The second kappa shape index (κ2) is 9.73. The summed E-state index contributed by atoms with van der Waals surface area (Å²) in [5.74, 6) is 0.460. The van der Waals surface area contributed by atoms with Gasteiger partial charge in [-0.1, -0.05) is 30.3 Å². The summed E-state index contributed by atoms with van der Waals surface area (Å²) in [6.45, 7) is 1.49. The summed E-state index contributed by atoms with van der Waals surface area (Å²) in [5, 5.41) is 30.0. The van der Waals surface area contributed by atoms with Crippen LogP contribution in [0.25, 0.3) is 0 Å². The SMILES string of the molecule is O=[N+]([O-])c1ccc(OC[C@H](O)CN(CCO)Cc2ccccc2)cc1. The van der Waals surface area contributed by atoms with Crippen molar-refractivity contribution in [3.63, 3.8) is 0 Å². The van der Waals surface area contributed by atoms with Crippen molar-refractivity contribution in [2.24, 2.45) is 0 Å². The zero-order valence-corrected chi connectivity index (χ0v) is 13.8. The van der Waals surface area contributed by atoms with Crippen molar-refractivity contribution in [2.45, 2.75) is 12.6 Å². The van der Waals surface area contributed by atoms with Gasteiger partial charge in [0.25, 0.3) is 5.69 Å². The predicted molar refractivity (Wildman–Crippen MR) is 93.4 cm³/mol. The number of rotatable bonds is 10. The molecule has 2 aromatic carbocycles. The van der Waals surface area contributed by atoms with Crippen LogP contribution < -0.4 is 4.74 Å². The Bertz CT molecular complexity index is 648. The Hall–Kier alpha value is -2.48. The van der Waals surface area contributed by atoms with Crippen LogP contribution in [-0.2, 0) is 6.54 Å². The summed E-state index contributed by atoms with van der Waals surface area (Å²) in [7, 11) is 0. The molecule has 7 heteroatoms. The zero-order chi connectivity index (χ0) is 18.1. The van der Waals surface area contributed by atoms with Gasteiger partial charge < -0.3 is 14.9 Å². The number of nitro groups is 1. The van der Waals surface area contributed by atoms with Gasteiger partial charge in [-0.3, -0.25) is 15.0 Å². The van der Waals surface area contributed by atoms with Crippen molar-refractivity contribution in [3.05, 3.63) is 70.3 Å². The van der Waals surface area contributed by atoms with E-state index in [0.29, 0.717) is 25.4 Å². The molecule has 0 heterocycles. The maximum absolute atomic E-state index is 10.6. The first-order valence-electron chi connectivity index (χ1n) is 8.01. The molecule has 2 rings (SSSR count). The molecule has 0 aromatic heterocycles. The minimum Gasteiger partial charge on any atom is -0.491 e. The van der Waals surface area contributed by atoms with Crippen LogP contribution in [0.5, 0.6) is 5.75 Å². The Morgan fingerprint density at radius 3 is 2.40 bits per heavy atom. The summed E-state index contributed by atoms with van der Waals surface area (Å²) in [5.41, 5.74) is 1.09. The molecule has 2 aromatic rings. The van der Waals surface area contributed by atoms with Gasteiger partial charge in [-0.25, -0.2) is 0 Å². The topological polar surface area (TPSA) is 96.1 Å². The summed E-state index contributed by atoms with van der Waals surface area (Å²) in [6, 6.07) is 15.5. The predicted octanol–water partition coefficient (Wildman–Crippen LogP) is 1.83. The molecule has 0 unspecified atom stereocenters. The summed E-state index contributed by atoms with van der Waals surface area (Å²) in [6.07, 6.45) is -0.745. The summed E-state index contributed by atoms with van der Waals surface area (Å²) < 4.78 is 5.47. The second-order valence-electron chi connectivity index (χ2n) is 5.66. The van der Waals surface area contributed by atoms with Crippen LogP contribution in [-0.4, -0.2) is 52.4 Å². The largest absolute Gasteiger partial charge is 0.491 e. The zero-order valence-electron chi connectivity index (χ0n) is 13.8. The molecule has 7 nitrogen and oxygen atoms in total. The van der Waals surface area contributed by atoms with Crippen molar-refractivity contribution in [1.82, 2.24) is 4.90 Å². The van der Waals surface area contributed by atoms with Gasteiger partial charge in [0.05, 0.1) is 11.5 Å². The number of nitro benzene ring substituents is 1. The van der Waals surface area contributed by atoms with E-state index in [2.05, 4.69) is 0 Å². The molecule has 0 aliphatic carbocycles. The number of non-ortho nitro benzene ring substituents is 1. The monoisotopic (exact) mass is 346 g/mol. The van der Waals surface area contributed by atoms with Gasteiger partial charge in [0.15, 0.2) is 0 Å². The Kier molecular flexibility index (Phi) is 7.34. The first-order chi connectivity index (χ1) is 12.1. The summed E-state index contributed by atoms with van der Waals surface area (Å²) in [4.78, 5) is 12.1. The van der Waals surface area contributed by atoms with Crippen LogP contribution in [0.15, 0.2) is 54.6 Å². The fourth-order valence-corrected chi connectivity index (χ4v) is 2.43. The average Bonchev–Trinajstić information content (AvgIpc) is 2.61. The van der Waals surface area contributed by atoms with Crippen molar-refractivity contribution >= 4 is 5.69 Å². The second-order valence-corrected chi connectivity index (χ2v) is 5.66. The highest BCUT2D eigenvalue weighted by atomic mass is 16.6. The molecule has 0 spiro atoms. The average molecular weight is 346 g/mol. The number of benzene rings is 2. The fraction of sp³-hybridized carbons (Fsp3) is 0.333. The fourth-order valence-electron chi connectivity index (χ4n) is 2.43. The third-order valence-electron chi connectivity index (χ3n) is 3.62. The Morgan fingerprint density at radius 1 is 1.12 bits per heavy atom. The number of hydrogen-bond donors (Lipinski definition) is 2.